The molecule has 1 unspecified atom stereocenters. The highest BCUT2D eigenvalue weighted by atomic mass is 14.9. The van der Waals surface area contributed by atoms with Gasteiger partial charge in [-0.1, -0.05) is 0 Å². The molecule has 1 saturated heterocycles. The van der Waals surface area contributed by atoms with Crippen LogP contribution in [0.25, 0.3) is 0 Å². The lowest BCUT2D eigenvalue weighted by atomic mass is 9.96. The zero-order chi connectivity index (χ0) is 10.5. The molecule has 1 aromatic heterocycles. The SMILES string of the molecule is Cc1ccnc(CC2CCCNCC2)n1. The molecule has 3 heteroatoms. The summed E-state index contributed by atoms with van der Waals surface area (Å²) in [6.07, 6.45) is 6.77. The minimum atomic E-state index is 0.766. The van der Waals surface area contributed by atoms with Gasteiger partial charge in [-0.15, -0.1) is 0 Å². The summed E-state index contributed by atoms with van der Waals surface area (Å²) >= 11 is 0. The monoisotopic (exact) mass is 205 g/mol. The maximum Gasteiger partial charge on any atom is 0.128 e. The first-order valence-corrected chi connectivity index (χ1v) is 5.84. The summed E-state index contributed by atoms with van der Waals surface area (Å²) in [5.41, 5.74) is 1.08. The molecule has 3 nitrogen and oxygen atoms in total. The maximum atomic E-state index is 4.47. The van der Waals surface area contributed by atoms with Crippen LogP contribution in [0.2, 0.25) is 0 Å². The summed E-state index contributed by atoms with van der Waals surface area (Å²) in [6.45, 7) is 4.35. The van der Waals surface area contributed by atoms with Gasteiger partial charge in [-0.2, -0.15) is 0 Å². The van der Waals surface area contributed by atoms with Crippen molar-refractivity contribution in [2.45, 2.75) is 32.6 Å². The Morgan fingerprint density at radius 3 is 3.20 bits per heavy atom. The molecule has 0 spiro atoms. The number of nitrogens with zero attached hydrogens (tertiary/aromatic N) is 2. The molecule has 0 radical (unpaired) electrons. The van der Waals surface area contributed by atoms with Gasteiger partial charge in [0.05, 0.1) is 0 Å². The van der Waals surface area contributed by atoms with Crippen molar-refractivity contribution in [3.63, 3.8) is 0 Å². The number of rotatable bonds is 2. The van der Waals surface area contributed by atoms with Crippen LogP contribution in [0.3, 0.4) is 0 Å². The fraction of sp³-hybridized carbons (Fsp3) is 0.667. The van der Waals surface area contributed by atoms with E-state index in [1.807, 2.05) is 19.2 Å². The van der Waals surface area contributed by atoms with Crippen molar-refractivity contribution in [3.05, 3.63) is 23.8 Å². The molecule has 0 amide bonds. The van der Waals surface area contributed by atoms with Crippen molar-refractivity contribution in [3.8, 4) is 0 Å². The van der Waals surface area contributed by atoms with Gasteiger partial charge in [-0.05, 0) is 51.3 Å². The third-order valence-corrected chi connectivity index (χ3v) is 3.01. The average Bonchev–Trinajstić information content (AvgIpc) is 2.46. The smallest absolute Gasteiger partial charge is 0.128 e. The van der Waals surface area contributed by atoms with Crippen molar-refractivity contribution in [1.82, 2.24) is 15.3 Å². The van der Waals surface area contributed by atoms with E-state index in [-0.39, 0.29) is 0 Å². The Morgan fingerprint density at radius 2 is 2.33 bits per heavy atom. The summed E-state index contributed by atoms with van der Waals surface area (Å²) in [7, 11) is 0. The molecule has 0 saturated carbocycles. The van der Waals surface area contributed by atoms with E-state index < -0.39 is 0 Å². The molecule has 0 aromatic carbocycles. The number of hydrogen-bond donors (Lipinski definition) is 1. The molecule has 2 heterocycles. The van der Waals surface area contributed by atoms with Gasteiger partial charge >= 0.3 is 0 Å². The lowest BCUT2D eigenvalue weighted by molar-refractivity contribution is 0.459. The number of hydrogen-bond acceptors (Lipinski definition) is 3. The van der Waals surface area contributed by atoms with Crippen molar-refractivity contribution in [2.24, 2.45) is 5.92 Å². The zero-order valence-corrected chi connectivity index (χ0v) is 9.37. The molecule has 15 heavy (non-hydrogen) atoms. The maximum absolute atomic E-state index is 4.47. The summed E-state index contributed by atoms with van der Waals surface area (Å²) in [6, 6.07) is 1.96. The van der Waals surface area contributed by atoms with Crippen molar-refractivity contribution in [1.29, 1.82) is 0 Å². The lowest BCUT2D eigenvalue weighted by Crippen LogP contribution is -2.15. The van der Waals surface area contributed by atoms with Crippen molar-refractivity contribution < 1.29 is 0 Å². The van der Waals surface area contributed by atoms with Gasteiger partial charge in [-0.3, -0.25) is 0 Å². The van der Waals surface area contributed by atoms with E-state index in [0.717, 1.165) is 30.4 Å². The predicted molar refractivity (Wildman–Crippen MR) is 60.7 cm³/mol. The van der Waals surface area contributed by atoms with E-state index in [1.54, 1.807) is 0 Å². The van der Waals surface area contributed by atoms with Crippen molar-refractivity contribution >= 4 is 0 Å². The highest BCUT2D eigenvalue weighted by Crippen LogP contribution is 2.17. The molecular weight excluding hydrogens is 186 g/mol. The van der Waals surface area contributed by atoms with E-state index in [4.69, 9.17) is 0 Å². The van der Waals surface area contributed by atoms with Crippen LogP contribution in [0, 0.1) is 12.8 Å². The molecule has 1 atom stereocenters. The third-order valence-electron chi connectivity index (χ3n) is 3.01. The van der Waals surface area contributed by atoms with Crippen LogP contribution < -0.4 is 5.32 Å². The number of aryl methyl sites for hydroxylation is 1. The van der Waals surface area contributed by atoms with Gasteiger partial charge < -0.3 is 5.32 Å². The fourth-order valence-corrected chi connectivity index (χ4v) is 2.15. The molecule has 1 aliphatic heterocycles. The highest BCUT2D eigenvalue weighted by Gasteiger charge is 2.13. The lowest BCUT2D eigenvalue weighted by Gasteiger charge is -2.12. The first-order chi connectivity index (χ1) is 7.34. The molecule has 0 aliphatic carbocycles. The van der Waals surface area contributed by atoms with Gasteiger partial charge in [0.2, 0.25) is 0 Å². The van der Waals surface area contributed by atoms with Gasteiger partial charge in [0.1, 0.15) is 5.82 Å². The van der Waals surface area contributed by atoms with Crippen LogP contribution in [-0.4, -0.2) is 23.1 Å². The Labute approximate surface area is 91.3 Å². The van der Waals surface area contributed by atoms with E-state index in [2.05, 4.69) is 15.3 Å². The van der Waals surface area contributed by atoms with Gasteiger partial charge in [0.15, 0.2) is 0 Å². The summed E-state index contributed by atoms with van der Waals surface area (Å²) in [5.74, 6) is 1.78. The van der Waals surface area contributed by atoms with Gasteiger partial charge in [0.25, 0.3) is 0 Å². The van der Waals surface area contributed by atoms with E-state index >= 15 is 0 Å². The summed E-state index contributed by atoms with van der Waals surface area (Å²) in [4.78, 5) is 8.80. The first-order valence-electron chi connectivity index (χ1n) is 5.84. The molecule has 1 aliphatic rings. The minimum absolute atomic E-state index is 0.766. The van der Waals surface area contributed by atoms with Crippen LogP contribution in [0.5, 0.6) is 0 Å². The largest absolute Gasteiger partial charge is 0.317 e. The van der Waals surface area contributed by atoms with Gasteiger partial charge in [0, 0.05) is 18.3 Å². The van der Waals surface area contributed by atoms with Crippen LogP contribution >= 0.6 is 0 Å². The standard InChI is InChI=1S/C12H19N3/c1-10-4-8-14-12(15-10)9-11-3-2-6-13-7-5-11/h4,8,11,13H,2-3,5-7,9H2,1H3. The molecule has 2 rings (SSSR count). The second kappa shape index (κ2) is 5.21. The Morgan fingerprint density at radius 1 is 1.40 bits per heavy atom. The minimum Gasteiger partial charge on any atom is -0.317 e. The second-order valence-electron chi connectivity index (χ2n) is 4.37. The third kappa shape index (κ3) is 3.27. The molecule has 1 aromatic rings. The van der Waals surface area contributed by atoms with Crippen LogP contribution in [0.1, 0.15) is 30.8 Å². The van der Waals surface area contributed by atoms with Gasteiger partial charge in [-0.25, -0.2) is 9.97 Å². The summed E-state index contributed by atoms with van der Waals surface area (Å²) < 4.78 is 0. The second-order valence-corrected chi connectivity index (χ2v) is 4.37. The van der Waals surface area contributed by atoms with Crippen LogP contribution in [0.4, 0.5) is 0 Å². The topological polar surface area (TPSA) is 37.8 Å². The first kappa shape index (κ1) is 10.6. The Hall–Kier alpha value is -0.960. The Kier molecular flexibility index (Phi) is 3.67. The molecule has 1 fully saturated rings. The Balaban J connectivity index is 1.95. The molecule has 1 N–H and O–H groups in total. The zero-order valence-electron chi connectivity index (χ0n) is 9.37. The average molecular weight is 205 g/mol. The normalized spacial score (nSPS) is 22.3. The highest BCUT2D eigenvalue weighted by molar-refractivity contribution is 5.00. The molecule has 82 valence electrons. The predicted octanol–water partition coefficient (Wildman–Crippen LogP) is 1.72. The van der Waals surface area contributed by atoms with E-state index in [9.17, 15) is 0 Å². The number of aromatic nitrogens is 2. The van der Waals surface area contributed by atoms with E-state index in [0.29, 0.717) is 0 Å². The quantitative estimate of drug-likeness (QED) is 0.799. The molecular formula is C12H19N3. The van der Waals surface area contributed by atoms with Crippen LogP contribution in [0.15, 0.2) is 12.3 Å². The van der Waals surface area contributed by atoms with Crippen LogP contribution in [-0.2, 0) is 6.42 Å². The Bertz CT molecular complexity index is 303. The summed E-state index contributed by atoms with van der Waals surface area (Å²) in [5, 5.41) is 3.43. The number of nitrogens with one attached hydrogen (secondary N) is 1. The fourth-order valence-electron chi connectivity index (χ4n) is 2.15. The van der Waals surface area contributed by atoms with Crippen molar-refractivity contribution in [2.75, 3.05) is 13.1 Å². The van der Waals surface area contributed by atoms with E-state index in [1.165, 1.54) is 25.8 Å². The molecule has 0 bridgehead atoms.